The Morgan fingerprint density at radius 2 is 2.00 bits per heavy atom. The van der Waals surface area contributed by atoms with Gasteiger partial charge in [0.05, 0.1) is 5.56 Å². The molecule has 94 valence electrons. The average molecular weight is 307 g/mol. The largest absolute Gasteiger partial charge is 0.416 e. The van der Waals surface area contributed by atoms with Gasteiger partial charge in [0.15, 0.2) is 0 Å². The number of alkyl halides is 4. The summed E-state index contributed by atoms with van der Waals surface area (Å²) in [5.41, 5.74) is 1.95. The topological polar surface area (TPSA) is 0 Å². The molecule has 1 aromatic carbocycles. The van der Waals surface area contributed by atoms with Crippen LogP contribution in [-0.2, 0) is 6.18 Å². The molecule has 17 heavy (non-hydrogen) atoms. The molecular weight excluding hydrogens is 293 g/mol. The van der Waals surface area contributed by atoms with Crippen LogP contribution in [0.25, 0.3) is 5.57 Å². The zero-order valence-corrected chi connectivity index (χ0v) is 11.3. The zero-order valence-electron chi connectivity index (χ0n) is 9.74. The molecule has 0 N–H and O–H groups in total. The molecule has 0 saturated carbocycles. The fourth-order valence-corrected chi connectivity index (χ4v) is 1.89. The lowest BCUT2D eigenvalue weighted by atomic mass is 9.98. The van der Waals surface area contributed by atoms with Gasteiger partial charge in [-0.3, -0.25) is 0 Å². The molecule has 0 spiro atoms. The second-order valence-electron chi connectivity index (χ2n) is 3.89. The zero-order chi connectivity index (χ0) is 13.1. The summed E-state index contributed by atoms with van der Waals surface area (Å²) < 4.78 is 37.4. The van der Waals surface area contributed by atoms with Crippen molar-refractivity contribution < 1.29 is 13.2 Å². The van der Waals surface area contributed by atoms with E-state index in [1.165, 1.54) is 12.1 Å². The van der Waals surface area contributed by atoms with Crippen LogP contribution in [0.2, 0.25) is 0 Å². The molecule has 4 heteroatoms. The van der Waals surface area contributed by atoms with Gasteiger partial charge >= 0.3 is 6.18 Å². The van der Waals surface area contributed by atoms with Gasteiger partial charge in [0.25, 0.3) is 0 Å². The van der Waals surface area contributed by atoms with Crippen molar-refractivity contribution in [1.29, 1.82) is 0 Å². The normalized spacial score (nSPS) is 12.9. The van der Waals surface area contributed by atoms with E-state index in [1.807, 2.05) is 13.0 Å². The minimum Gasteiger partial charge on any atom is -0.166 e. The van der Waals surface area contributed by atoms with Gasteiger partial charge in [-0.25, -0.2) is 0 Å². The fraction of sp³-hybridized carbons (Fsp3) is 0.385. The number of hydrogen-bond donors (Lipinski definition) is 0. The third kappa shape index (κ3) is 3.87. The first-order valence-corrected chi connectivity index (χ1v) is 6.39. The van der Waals surface area contributed by atoms with E-state index in [2.05, 4.69) is 15.9 Å². The van der Waals surface area contributed by atoms with Crippen LogP contribution in [0, 0.1) is 6.92 Å². The highest BCUT2D eigenvalue weighted by Gasteiger charge is 2.30. The maximum absolute atomic E-state index is 12.5. The Balaban J connectivity index is 3.06. The van der Waals surface area contributed by atoms with Gasteiger partial charge in [-0.05, 0) is 49.1 Å². The van der Waals surface area contributed by atoms with Gasteiger partial charge in [-0.15, -0.1) is 0 Å². The monoisotopic (exact) mass is 306 g/mol. The molecule has 0 atom stereocenters. The van der Waals surface area contributed by atoms with Crippen molar-refractivity contribution in [1.82, 2.24) is 0 Å². The summed E-state index contributed by atoms with van der Waals surface area (Å²) in [4.78, 5) is 0. The second kappa shape index (κ2) is 5.71. The Morgan fingerprint density at radius 1 is 1.35 bits per heavy atom. The van der Waals surface area contributed by atoms with E-state index >= 15 is 0 Å². The molecule has 0 saturated heterocycles. The highest BCUT2D eigenvalue weighted by atomic mass is 79.9. The van der Waals surface area contributed by atoms with Crippen LogP contribution >= 0.6 is 15.9 Å². The van der Waals surface area contributed by atoms with Gasteiger partial charge in [0, 0.05) is 5.33 Å². The van der Waals surface area contributed by atoms with E-state index in [0.717, 1.165) is 29.0 Å². The number of allylic oxidation sites excluding steroid dienone is 2. The van der Waals surface area contributed by atoms with Crippen molar-refractivity contribution in [2.24, 2.45) is 0 Å². The summed E-state index contributed by atoms with van der Waals surface area (Å²) >= 11 is 3.31. The van der Waals surface area contributed by atoms with E-state index < -0.39 is 11.7 Å². The fourth-order valence-electron chi connectivity index (χ4n) is 1.66. The minimum atomic E-state index is -4.27. The molecule has 1 rings (SSSR count). The van der Waals surface area contributed by atoms with Crippen LogP contribution in [0.3, 0.4) is 0 Å². The molecule has 0 aliphatic heterocycles. The van der Waals surface area contributed by atoms with Crippen LogP contribution in [0.5, 0.6) is 0 Å². The third-order valence-electron chi connectivity index (χ3n) is 2.54. The summed E-state index contributed by atoms with van der Waals surface area (Å²) in [6.45, 7) is 3.62. The lowest BCUT2D eigenvalue weighted by molar-refractivity contribution is -0.137. The summed E-state index contributed by atoms with van der Waals surface area (Å²) in [6, 6.07) is 3.87. The minimum absolute atomic E-state index is 0.591. The Hall–Kier alpha value is -0.770. The smallest absolute Gasteiger partial charge is 0.166 e. The SMILES string of the molecule is C/C(=C/CCBr)c1ccc(C(F)(F)F)cc1C. The van der Waals surface area contributed by atoms with E-state index in [9.17, 15) is 13.2 Å². The summed E-state index contributed by atoms with van der Waals surface area (Å²) in [6.07, 6.45) is -1.38. The van der Waals surface area contributed by atoms with Crippen molar-refractivity contribution >= 4 is 21.5 Å². The molecule has 0 unspecified atom stereocenters. The highest BCUT2D eigenvalue weighted by molar-refractivity contribution is 9.09. The second-order valence-corrected chi connectivity index (χ2v) is 4.69. The molecule has 0 aliphatic carbocycles. The summed E-state index contributed by atoms with van der Waals surface area (Å²) in [5, 5.41) is 0.851. The van der Waals surface area contributed by atoms with Gasteiger partial charge in [-0.1, -0.05) is 28.1 Å². The van der Waals surface area contributed by atoms with Crippen molar-refractivity contribution in [2.75, 3.05) is 5.33 Å². The van der Waals surface area contributed by atoms with E-state index in [0.29, 0.717) is 5.56 Å². The molecule has 0 bridgehead atoms. The number of hydrogen-bond acceptors (Lipinski definition) is 0. The quantitative estimate of drug-likeness (QED) is 0.673. The summed E-state index contributed by atoms with van der Waals surface area (Å²) in [5.74, 6) is 0. The van der Waals surface area contributed by atoms with Crippen molar-refractivity contribution in [3.05, 3.63) is 41.0 Å². The number of aryl methyl sites for hydroxylation is 1. The molecule has 0 radical (unpaired) electrons. The maximum Gasteiger partial charge on any atom is 0.416 e. The standard InChI is InChI=1S/C13H14BrF3/c1-9(4-3-7-14)12-6-5-11(8-10(12)2)13(15,16)17/h4-6,8H,3,7H2,1-2H3/b9-4-. The molecule has 1 aromatic rings. The molecule has 0 fully saturated rings. The van der Waals surface area contributed by atoms with E-state index in [4.69, 9.17) is 0 Å². The Morgan fingerprint density at radius 3 is 2.47 bits per heavy atom. The van der Waals surface area contributed by atoms with Gasteiger partial charge in [0.2, 0.25) is 0 Å². The number of halogens is 4. The molecular formula is C13H14BrF3. The molecule has 0 amide bonds. The molecule has 0 aromatic heterocycles. The van der Waals surface area contributed by atoms with Crippen LogP contribution in [0.15, 0.2) is 24.3 Å². The predicted molar refractivity (Wildman–Crippen MR) is 68.2 cm³/mol. The van der Waals surface area contributed by atoms with Gasteiger partial charge in [-0.2, -0.15) is 13.2 Å². The highest BCUT2D eigenvalue weighted by Crippen LogP contribution is 2.31. The van der Waals surface area contributed by atoms with Crippen molar-refractivity contribution in [2.45, 2.75) is 26.4 Å². The Labute approximate surface area is 108 Å². The molecule has 0 heterocycles. The first-order valence-electron chi connectivity index (χ1n) is 5.27. The maximum atomic E-state index is 12.5. The van der Waals surface area contributed by atoms with E-state index in [1.54, 1.807) is 6.92 Å². The lowest BCUT2D eigenvalue weighted by Crippen LogP contribution is -2.05. The third-order valence-corrected chi connectivity index (χ3v) is 3.00. The van der Waals surface area contributed by atoms with Crippen molar-refractivity contribution in [3.8, 4) is 0 Å². The molecule has 0 aliphatic rings. The van der Waals surface area contributed by atoms with Crippen LogP contribution in [-0.4, -0.2) is 5.33 Å². The van der Waals surface area contributed by atoms with Crippen LogP contribution in [0.1, 0.15) is 30.0 Å². The first-order chi connectivity index (χ1) is 7.86. The van der Waals surface area contributed by atoms with Crippen molar-refractivity contribution in [3.63, 3.8) is 0 Å². The first kappa shape index (κ1) is 14.3. The summed E-state index contributed by atoms with van der Waals surface area (Å²) in [7, 11) is 0. The Kier molecular flexibility index (Phi) is 4.80. The number of benzene rings is 1. The molecule has 0 nitrogen and oxygen atoms in total. The van der Waals surface area contributed by atoms with Gasteiger partial charge in [0.1, 0.15) is 0 Å². The van der Waals surface area contributed by atoms with E-state index in [-0.39, 0.29) is 0 Å². The number of rotatable bonds is 3. The lowest BCUT2D eigenvalue weighted by Gasteiger charge is -2.11. The predicted octanol–water partition coefficient (Wildman–Crippen LogP) is 5.20. The Bertz CT molecular complexity index is 419. The average Bonchev–Trinajstić information content (AvgIpc) is 2.24. The van der Waals surface area contributed by atoms with Crippen LogP contribution < -0.4 is 0 Å². The van der Waals surface area contributed by atoms with Gasteiger partial charge < -0.3 is 0 Å². The van der Waals surface area contributed by atoms with Crippen LogP contribution in [0.4, 0.5) is 13.2 Å².